The van der Waals surface area contributed by atoms with Crippen molar-refractivity contribution >= 4 is 22.4 Å². The summed E-state index contributed by atoms with van der Waals surface area (Å²) < 4.78 is 0. The number of nitrogens with zero attached hydrogens (tertiary/aromatic N) is 2. The lowest BCUT2D eigenvalue weighted by Crippen LogP contribution is -2.47. The van der Waals surface area contributed by atoms with Gasteiger partial charge >= 0.3 is 0 Å². The molecule has 110 valence electrons. The van der Waals surface area contributed by atoms with Crippen LogP contribution in [0.25, 0.3) is 0 Å². The standard InChI is InChI=1S/C15H18N4OS/c16-13(11-4-2-1-3-5-11)8-12-10-21-15(18-12)19-7-6-17-14(20)9-19/h1-5,10,13H,6-9,16H2,(H,17,20). The maximum atomic E-state index is 11.4. The van der Waals surface area contributed by atoms with Gasteiger partial charge in [-0.1, -0.05) is 30.3 Å². The van der Waals surface area contributed by atoms with Crippen LogP contribution in [0.4, 0.5) is 5.13 Å². The van der Waals surface area contributed by atoms with Crippen LogP contribution in [0.15, 0.2) is 35.7 Å². The number of piperazine rings is 1. The fraction of sp³-hybridized carbons (Fsp3) is 0.333. The molecule has 1 aromatic carbocycles. The Hall–Kier alpha value is -1.92. The first kappa shape index (κ1) is 14.0. The van der Waals surface area contributed by atoms with Crippen molar-refractivity contribution in [2.75, 3.05) is 24.5 Å². The minimum absolute atomic E-state index is 0.0502. The number of benzene rings is 1. The lowest BCUT2D eigenvalue weighted by Gasteiger charge is -2.25. The fourth-order valence-corrected chi connectivity index (χ4v) is 3.25. The van der Waals surface area contributed by atoms with Crippen LogP contribution in [0, 0.1) is 0 Å². The quantitative estimate of drug-likeness (QED) is 0.893. The summed E-state index contributed by atoms with van der Waals surface area (Å²) in [6.07, 6.45) is 0.709. The van der Waals surface area contributed by atoms with Crippen LogP contribution < -0.4 is 16.0 Å². The van der Waals surface area contributed by atoms with Gasteiger partial charge in [0, 0.05) is 30.9 Å². The first-order chi connectivity index (χ1) is 10.2. The number of rotatable bonds is 4. The topological polar surface area (TPSA) is 71.2 Å². The number of hydrogen-bond acceptors (Lipinski definition) is 5. The summed E-state index contributed by atoms with van der Waals surface area (Å²) in [7, 11) is 0. The molecule has 0 bridgehead atoms. The Kier molecular flexibility index (Phi) is 4.17. The number of carbonyl (C=O) groups is 1. The van der Waals surface area contributed by atoms with E-state index >= 15 is 0 Å². The molecule has 3 rings (SSSR count). The van der Waals surface area contributed by atoms with Crippen LogP contribution in [0.3, 0.4) is 0 Å². The number of hydrogen-bond donors (Lipinski definition) is 2. The number of nitrogens with two attached hydrogens (primary N) is 1. The molecule has 1 aromatic heterocycles. The van der Waals surface area contributed by atoms with Crippen molar-refractivity contribution in [1.82, 2.24) is 10.3 Å². The summed E-state index contributed by atoms with van der Waals surface area (Å²) in [4.78, 5) is 18.1. The minimum atomic E-state index is -0.0502. The Morgan fingerprint density at radius 3 is 2.95 bits per heavy atom. The molecule has 1 aliphatic rings. The highest BCUT2D eigenvalue weighted by Crippen LogP contribution is 2.24. The van der Waals surface area contributed by atoms with Crippen molar-refractivity contribution in [3.8, 4) is 0 Å². The van der Waals surface area contributed by atoms with Gasteiger partial charge in [-0.25, -0.2) is 4.98 Å². The molecule has 0 spiro atoms. The van der Waals surface area contributed by atoms with E-state index in [1.165, 1.54) is 0 Å². The molecule has 1 amide bonds. The Morgan fingerprint density at radius 2 is 2.19 bits per heavy atom. The summed E-state index contributed by atoms with van der Waals surface area (Å²) in [5, 5.41) is 5.75. The molecule has 1 saturated heterocycles. The minimum Gasteiger partial charge on any atom is -0.353 e. The molecular formula is C15H18N4OS. The second kappa shape index (κ2) is 6.24. The van der Waals surface area contributed by atoms with Crippen molar-refractivity contribution in [1.29, 1.82) is 0 Å². The average molecular weight is 302 g/mol. The summed E-state index contributed by atoms with van der Waals surface area (Å²) in [6, 6.07) is 9.99. The van der Waals surface area contributed by atoms with Gasteiger partial charge in [-0.15, -0.1) is 11.3 Å². The predicted octanol–water partition coefficient (Wildman–Crippen LogP) is 1.32. The van der Waals surface area contributed by atoms with E-state index in [-0.39, 0.29) is 11.9 Å². The van der Waals surface area contributed by atoms with E-state index in [4.69, 9.17) is 5.73 Å². The Bertz CT molecular complexity index is 613. The van der Waals surface area contributed by atoms with E-state index < -0.39 is 0 Å². The normalized spacial score (nSPS) is 16.6. The van der Waals surface area contributed by atoms with Crippen LogP contribution in [0.1, 0.15) is 17.3 Å². The number of aromatic nitrogens is 1. The Balaban J connectivity index is 1.66. The number of carbonyl (C=O) groups excluding carboxylic acids is 1. The van der Waals surface area contributed by atoms with E-state index in [9.17, 15) is 4.79 Å². The monoisotopic (exact) mass is 302 g/mol. The zero-order chi connectivity index (χ0) is 14.7. The van der Waals surface area contributed by atoms with Gasteiger partial charge in [0.25, 0.3) is 0 Å². The van der Waals surface area contributed by atoms with Gasteiger partial charge in [0.2, 0.25) is 5.91 Å². The fourth-order valence-electron chi connectivity index (χ4n) is 2.38. The van der Waals surface area contributed by atoms with E-state index in [1.807, 2.05) is 40.6 Å². The zero-order valence-electron chi connectivity index (χ0n) is 11.7. The molecule has 21 heavy (non-hydrogen) atoms. The molecule has 2 aromatic rings. The van der Waals surface area contributed by atoms with Crippen LogP contribution in [0.2, 0.25) is 0 Å². The SMILES string of the molecule is NC(Cc1csc(N2CCNC(=O)C2)n1)c1ccccc1. The second-order valence-corrected chi connectivity index (χ2v) is 5.95. The maximum Gasteiger partial charge on any atom is 0.239 e. The highest BCUT2D eigenvalue weighted by Gasteiger charge is 2.19. The van der Waals surface area contributed by atoms with Crippen molar-refractivity contribution in [3.05, 3.63) is 47.0 Å². The van der Waals surface area contributed by atoms with Crippen LogP contribution in [-0.2, 0) is 11.2 Å². The largest absolute Gasteiger partial charge is 0.353 e. The molecule has 6 heteroatoms. The predicted molar refractivity (Wildman–Crippen MR) is 84.4 cm³/mol. The summed E-state index contributed by atoms with van der Waals surface area (Å²) in [5.74, 6) is 0.0546. The summed E-state index contributed by atoms with van der Waals surface area (Å²) in [5.41, 5.74) is 8.32. The van der Waals surface area contributed by atoms with Crippen LogP contribution in [0.5, 0.6) is 0 Å². The van der Waals surface area contributed by atoms with Gasteiger partial charge in [-0.05, 0) is 5.56 Å². The van der Waals surface area contributed by atoms with Gasteiger partial charge in [-0.3, -0.25) is 4.79 Å². The molecule has 2 heterocycles. The van der Waals surface area contributed by atoms with Gasteiger partial charge in [-0.2, -0.15) is 0 Å². The maximum absolute atomic E-state index is 11.4. The van der Waals surface area contributed by atoms with E-state index in [0.717, 1.165) is 22.9 Å². The van der Waals surface area contributed by atoms with Gasteiger partial charge < -0.3 is 16.0 Å². The third-order valence-electron chi connectivity index (χ3n) is 3.51. The highest BCUT2D eigenvalue weighted by atomic mass is 32.1. The van der Waals surface area contributed by atoms with Gasteiger partial charge in [0.05, 0.1) is 12.2 Å². The molecule has 0 saturated carbocycles. The molecule has 5 nitrogen and oxygen atoms in total. The van der Waals surface area contributed by atoms with Crippen molar-refractivity contribution in [2.24, 2.45) is 5.73 Å². The van der Waals surface area contributed by atoms with Gasteiger partial charge in [0.1, 0.15) is 0 Å². The van der Waals surface area contributed by atoms with Crippen molar-refractivity contribution < 1.29 is 4.79 Å². The number of anilines is 1. The van der Waals surface area contributed by atoms with E-state index in [2.05, 4.69) is 10.3 Å². The van der Waals surface area contributed by atoms with Crippen molar-refractivity contribution in [2.45, 2.75) is 12.5 Å². The van der Waals surface area contributed by atoms with E-state index in [1.54, 1.807) is 11.3 Å². The van der Waals surface area contributed by atoms with Crippen LogP contribution in [-0.4, -0.2) is 30.5 Å². The lowest BCUT2D eigenvalue weighted by molar-refractivity contribution is -0.120. The van der Waals surface area contributed by atoms with Crippen molar-refractivity contribution in [3.63, 3.8) is 0 Å². The number of thiazole rings is 1. The third kappa shape index (κ3) is 3.40. The smallest absolute Gasteiger partial charge is 0.239 e. The summed E-state index contributed by atoms with van der Waals surface area (Å²) in [6.45, 7) is 1.87. The average Bonchev–Trinajstić information content (AvgIpc) is 2.97. The Labute approximate surface area is 127 Å². The molecule has 1 fully saturated rings. The molecule has 0 aliphatic carbocycles. The van der Waals surface area contributed by atoms with Crippen LogP contribution >= 0.6 is 11.3 Å². The van der Waals surface area contributed by atoms with Gasteiger partial charge in [0.15, 0.2) is 5.13 Å². The second-order valence-electron chi connectivity index (χ2n) is 5.11. The third-order valence-corrected chi connectivity index (χ3v) is 4.46. The zero-order valence-corrected chi connectivity index (χ0v) is 12.5. The number of amides is 1. The van der Waals surface area contributed by atoms with E-state index in [0.29, 0.717) is 19.5 Å². The molecule has 1 atom stereocenters. The molecule has 1 unspecified atom stereocenters. The first-order valence-electron chi connectivity index (χ1n) is 6.99. The number of nitrogens with one attached hydrogen (secondary N) is 1. The lowest BCUT2D eigenvalue weighted by atomic mass is 10.0. The highest BCUT2D eigenvalue weighted by molar-refractivity contribution is 7.13. The molecule has 1 aliphatic heterocycles. The molecule has 3 N–H and O–H groups in total. The Morgan fingerprint density at radius 1 is 1.38 bits per heavy atom. The first-order valence-corrected chi connectivity index (χ1v) is 7.87. The molecule has 0 radical (unpaired) electrons. The summed E-state index contributed by atoms with van der Waals surface area (Å²) >= 11 is 1.57. The molecular weight excluding hydrogens is 284 g/mol.